The second kappa shape index (κ2) is 28.1. The fraction of sp³-hybridized carbons (Fsp3) is 0.769. The van der Waals surface area contributed by atoms with E-state index in [9.17, 15) is 38.4 Å². The minimum Gasteiger partial charge on any atom is -0.459 e. The first-order chi connectivity index (χ1) is 34.0. The number of nitrogens with one attached hydrogen (secondary N) is 1. The van der Waals surface area contributed by atoms with Crippen LogP contribution < -0.4 is 5.43 Å². The van der Waals surface area contributed by atoms with E-state index in [2.05, 4.69) is 5.43 Å². The lowest BCUT2D eigenvalue weighted by Gasteiger charge is -2.33. The van der Waals surface area contributed by atoms with E-state index >= 15 is 0 Å². The summed E-state index contributed by atoms with van der Waals surface area (Å²) in [6, 6.07) is 3.27. The Hall–Kier alpha value is -5.20. The Morgan fingerprint density at radius 3 is 1.39 bits per heavy atom. The van der Waals surface area contributed by atoms with Gasteiger partial charge in [0.25, 0.3) is 0 Å². The number of ether oxygens (including phenoxy) is 1. The van der Waals surface area contributed by atoms with E-state index in [0.717, 1.165) is 96.5 Å². The van der Waals surface area contributed by atoms with Gasteiger partial charge >= 0.3 is 12.0 Å². The molecule has 8 amide bonds. The highest BCUT2D eigenvalue weighted by molar-refractivity contribution is 5.93. The van der Waals surface area contributed by atoms with Gasteiger partial charge in [-0.25, -0.2) is 25.2 Å². The Labute approximate surface area is 422 Å². The molecule has 19 heteroatoms. The Kier molecular flexibility index (Phi) is 22.5. The number of hydrogen-bond acceptors (Lipinski definition) is 11. The van der Waals surface area contributed by atoms with Crippen LogP contribution >= 0.6 is 0 Å². The van der Waals surface area contributed by atoms with Gasteiger partial charge < -0.3 is 23.9 Å². The zero-order chi connectivity index (χ0) is 51.5. The van der Waals surface area contributed by atoms with E-state index in [1.54, 1.807) is 48.2 Å². The summed E-state index contributed by atoms with van der Waals surface area (Å²) in [7, 11) is 5.13. The van der Waals surface area contributed by atoms with Gasteiger partial charge in [-0.1, -0.05) is 77.0 Å². The van der Waals surface area contributed by atoms with Crippen LogP contribution in [0.15, 0.2) is 22.8 Å². The summed E-state index contributed by atoms with van der Waals surface area (Å²) in [6.07, 6.45) is 22.7. The molecule has 0 aromatic carbocycles. The fourth-order valence-corrected chi connectivity index (χ4v) is 11.2. The lowest BCUT2D eigenvalue weighted by molar-refractivity contribution is -0.149. The van der Waals surface area contributed by atoms with Crippen LogP contribution in [-0.4, -0.2) is 174 Å². The maximum atomic E-state index is 13.2. The highest BCUT2D eigenvalue weighted by Gasteiger charge is 2.40. The molecule has 3 saturated carbocycles. The normalized spacial score (nSPS) is 19.9. The SMILES string of the molecule is CN(C=O)C[C@@H](CC1CCCC1)C(=O)N1CCCN1.CN(C=O)C[C@@H](CC1CCCC1)C(=O)N1CCCN1C(=O)OC(C)(C)C.CN(C=O)C[C@@H](CC1CCCC1)C(=O)N1CCCN1C(=O)c1ccco1. The zero-order valence-electron chi connectivity index (χ0n) is 43.7. The third-order valence-corrected chi connectivity index (χ3v) is 14.7. The molecule has 6 fully saturated rings. The largest absolute Gasteiger partial charge is 0.459 e. The van der Waals surface area contributed by atoms with Crippen LogP contribution in [0.25, 0.3) is 0 Å². The molecule has 1 N–H and O–H groups in total. The van der Waals surface area contributed by atoms with E-state index in [4.69, 9.17) is 9.15 Å². The van der Waals surface area contributed by atoms with E-state index in [-0.39, 0.29) is 47.1 Å². The van der Waals surface area contributed by atoms with Gasteiger partial charge in [0.1, 0.15) is 5.60 Å². The summed E-state index contributed by atoms with van der Waals surface area (Å²) < 4.78 is 10.6. The van der Waals surface area contributed by atoms with Crippen LogP contribution in [0, 0.1) is 35.5 Å². The maximum Gasteiger partial charge on any atom is 0.429 e. The number of amides is 8. The first-order valence-corrected chi connectivity index (χ1v) is 26.5. The van der Waals surface area contributed by atoms with Gasteiger partial charge in [0.15, 0.2) is 5.76 Å². The third kappa shape index (κ3) is 17.5. The average molecular weight is 996 g/mol. The number of carbonyl (C=O) groups is 8. The van der Waals surface area contributed by atoms with Crippen molar-refractivity contribution in [3.8, 4) is 0 Å². The highest BCUT2D eigenvalue weighted by Crippen LogP contribution is 2.34. The molecule has 0 unspecified atom stereocenters. The fourth-order valence-electron chi connectivity index (χ4n) is 11.2. The lowest BCUT2D eigenvalue weighted by atomic mass is 9.92. The van der Waals surface area contributed by atoms with Crippen molar-refractivity contribution in [3.63, 3.8) is 0 Å². The van der Waals surface area contributed by atoms with E-state index < -0.39 is 11.7 Å². The predicted octanol–water partition coefficient (Wildman–Crippen LogP) is 5.82. The number of hydrazine groups is 3. The molecule has 0 spiro atoms. The minimum atomic E-state index is -0.602. The number of carbonyl (C=O) groups excluding carboxylic acids is 8. The van der Waals surface area contributed by atoms with Crippen molar-refractivity contribution in [2.24, 2.45) is 35.5 Å². The van der Waals surface area contributed by atoms with Gasteiger partial charge in [0.2, 0.25) is 37.0 Å². The van der Waals surface area contributed by atoms with Crippen molar-refractivity contribution >= 4 is 49.0 Å². The minimum absolute atomic E-state index is 0.0519. The van der Waals surface area contributed by atoms with Gasteiger partial charge in [0.05, 0.1) is 24.0 Å². The second-order valence-corrected chi connectivity index (χ2v) is 21.8. The summed E-state index contributed by atoms with van der Waals surface area (Å²) in [6.45, 7) is 10.5. The van der Waals surface area contributed by atoms with Gasteiger partial charge in [-0.2, -0.15) is 0 Å². The van der Waals surface area contributed by atoms with Crippen molar-refractivity contribution in [1.29, 1.82) is 0 Å². The van der Waals surface area contributed by atoms with Crippen molar-refractivity contribution in [2.45, 2.75) is 142 Å². The molecular formula is C52H85N9O10. The molecule has 3 aliphatic carbocycles. The number of nitrogens with zero attached hydrogens (tertiary/aromatic N) is 8. The highest BCUT2D eigenvalue weighted by atomic mass is 16.6. The molecule has 3 aliphatic heterocycles. The lowest BCUT2D eigenvalue weighted by Crippen LogP contribution is -2.50. The summed E-state index contributed by atoms with van der Waals surface area (Å²) in [5.41, 5.74) is 2.53. The average Bonchev–Trinajstić information content (AvgIpc) is 4.19. The van der Waals surface area contributed by atoms with Crippen LogP contribution in [0.3, 0.4) is 0 Å². The van der Waals surface area contributed by atoms with E-state index in [1.807, 2.05) is 20.8 Å². The summed E-state index contributed by atoms with van der Waals surface area (Å²) >= 11 is 0. The number of furan rings is 1. The van der Waals surface area contributed by atoms with E-state index in [1.165, 1.54) is 82.5 Å². The molecular weight excluding hydrogens is 911 g/mol. The summed E-state index contributed by atoms with van der Waals surface area (Å²) in [4.78, 5) is 102. The molecule has 1 aromatic rings. The van der Waals surface area contributed by atoms with Crippen LogP contribution in [0.5, 0.6) is 0 Å². The predicted molar refractivity (Wildman–Crippen MR) is 266 cm³/mol. The smallest absolute Gasteiger partial charge is 0.429 e. The molecule has 19 nitrogen and oxygen atoms in total. The molecule has 0 radical (unpaired) electrons. The first kappa shape index (κ1) is 56.7. The Bertz CT molecular complexity index is 1860. The van der Waals surface area contributed by atoms with Gasteiger partial charge in [-0.15, -0.1) is 0 Å². The quantitative estimate of drug-likeness (QED) is 0.164. The molecule has 4 heterocycles. The molecule has 3 atom stereocenters. The van der Waals surface area contributed by atoms with Crippen LogP contribution in [0.1, 0.15) is 147 Å². The third-order valence-electron chi connectivity index (χ3n) is 14.7. The maximum absolute atomic E-state index is 13.2. The molecule has 0 bridgehead atoms. The Morgan fingerprint density at radius 2 is 1.01 bits per heavy atom. The van der Waals surface area contributed by atoms with Gasteiger partial charge in [-0.05, 0) is 89.2 Å². The van der Waals surface area contributed by atoms with Crippen LogP contribution in [0.2, 0.25) is 0 Å². The zero-order valence-corrected chi connectivity index (χ0v) is 43.7. The van der Waals surface area contributed by atoms with Crippen LogP contribution in [0.4, 0.5) is 4.79 Å². The molecule has 6 aliphatic rings. The first-order valence-electron chi connectivity index (χ1n) is 26.5. The van der Waals surface area contributed by atoms with Crippen molar-refractivity contribution in [2.75, 3.05) is 80.0 Å². The number of rotatable bonds is 19. The molecule has 1 aromatic heterocycles. The number of hydrogen-bond donors (Lipinski definition) is 1. The van der Waals surface area contributed by atoms with Crippen LogP contribution in [-0.2, 0) is 33.5 Å². The Morgan fingerprint density at radius 1 is 0.606 bits per heavy atom. The second-order valence-electron chi connectivity index (χ2n) is 21.8. The summed E-state index contributed by atoms with van der Waals surface area (Å²) in [5, 5.41) is 7.76. The molecule has 398 valence electrons. The van der Waals surface area contributed by atoms with Gasteiger partial charge in [0, 0.05) is 80.0 Å². The van der Waals surface area contributed by atoms with Crippen molar-refractivity contribution < 1.29 is 47.5 Å². The standard InChI is InChI=1S/C19H27N3O4.C19H33N3O4.C14H25N3O2/c1-20(14-23)13-16(12-15-6-2-3-7-15)18(24)21-9-5-10-22(21)19(25)17-8-4-11-26-17;1-19(2,3)26-18(25)22-11-7-10-21(22)17(24)16(13-20(4)14-23)12-15-8-5-6-9-15;1-16(11-18)10-13(9-12-5-2-3-6-12)14(19)17-8-4-7-15-17/h4,8,11,14-16H,2-3,5-7,9-10,12-13H2,1H3;14-16H,5-13H2,1-4H3;11-13,15H,2-10H2,1H3/t2*16-;13-/m111/s1. The summed E-state index contributed by atoms with van der Waals surface area (Å²) in [5.74, 6) is 1.08. The molecule has 3 saturated heterocycles. The van der Waals surface area contributed by atoms with Crippen molar-refractivity contribution in [1.82, 2.24) is 45.2 Å². The molecule has 71 heavy (non-hydrogen) atoms. The van der Waals surface area contributed by atoms with Gasteiger partial charge in [-0.3, -0.25) is 43.6 Å². The monoisotopic (exact) mass is 996 g/mol. The topological polar surface area (TPSA) is 197 Å². The van der Waals surface area contributed by atoms with Crippen molar-refractivity contribution in [3.05, 3.63) is 24.2 Å². The van der Waals surface area contributed by atoms with E-state index in [0.29, 0.717) is 63.6 Å². The molecule has 7 rings (SSSR count). The Balaban J connectivity index is 0.000000201.